The van der Waals surface area contributed by atoms with E-state index >= 15 is 0 Å². The average Bonchev–Trinajstić information content (AvgIpc) is 2.75. The minimum Gasteiger partial charge on any atom is -0.423 e. The SMILES string of the molecule is O=C(/C=C/c1ccccc1)Oc1ccc(Br)cc1/C=N\NC(=O)c1cccc(Br)c1. The Morgan fingerprint density at radius 3 is 2.43 bits per heavy atom. The van der Waals surface area contributed by atoms with Gasteiger partial charge in [-0.25, -0.2) is 10.2 Å². The highest BCUT2D eigenvalue weighted by molar-refractivity contribution is 9.10. The number of ether oxygens (including phenoxy) is 1. The van der Waals surface area contributed by atoms with Crippen molar-refractivity contribution < 1.29 is 14.3 Å². The highest BCUT2D eigenvalue weighted by Gasteiger charge is 2.08. The van der Waals surface area contributed by atoms with Gasteiger partial charge in [-0.2, -0.15) is 5.10 Å². The Morgan fingerprint density at radius 2 is 1.67 bits per heavy atom. The third-order valence-electron chi connectivity index (χ3n) is 3.85. The van der Waals surface area contributed by atoms with Gasteiger partial charge in [-0.15, -0.1) is 0 Å². The smallest absolute Gasteiger partial charge is 0.336 e. The van der Waals surface area contributed by atoms with Crippen LogP contribution in [-0.4, -0.2) is 18.1 Å². The molecule has 0 aliphatic carbocycles. The fourth-order valence-electron chi connectivity index (χ4n) is 2.44. The fraction of sp³-hybridized carbons (Fsp3) is 0. The number of benzene rings is 3. The molecule has 0 spiro atoms. The average molecular weight is 528 g/mol. The van der Waals surface area contributed by atoms with Gasteiger partial charge in [0.05, 0.1) is 6.21 Å². The lowest BCUT2D eigenvalue weighted by molar-refractivity contribution is -0.128. The van der Waals surface area contributed by atoms with Gasteiger partial charge in [0, 0.05) is 26.1 Å². The van der Waals surface area contributed by atoms with Gasteiger partial charge in [0.1, 0.15) is 5.75 Å². The lowest BCUT2D eigenvalue weighted by atomic mass is 10.2. The molecule has 0 fully saturated rings. The van der Waals surface area contributed by atoms with Crippen LogP contribution in [-0.2, 0) is 4.79 Å². The lowest BCUT2D eigenvalue weighted by Gasteiger charge is -2.06. The summed E-state index contributed by atoms with van der Waals surface area (Å²) in [5.41, 5.74) is 4.35. The van der Waals surface area contributed by atoms with E-state index in [1.807, 2.05) is 36.4 Å². The minimum absolute atomic E-state index is 0.321. The Bertz CT molecular complexity index is 1110. The number of carbonyl (C=O) groups excluding carboxylic acids is 2. The van der Waals surface area contributed by atoms with Crippen molar-refractivity contribution in [3.05, 3.63) is 105 Å². The van der Waals surface area contributed by atoms with Gasteiger partial charge in [-0.3, -0.25) is 4.79 Å². The van der Waals surface area contributed by atoms with Crippen molar-refractivity contribution in [2.45, 2.75) is 0 Å². The minimum atomic E-state index is -0.519. The van der Waals surface area contributed by atoms with Gasteiger partial charge >= 0.3 is 5.97 Å². The van der Waals surface area contributed by atoms with E-state index in [0.29, 0.717) is 16.9 Å². The molecule has 5 nitrogen and oxygen atoms in total. The van der Waals surface area contributed by atoms with Gasteiger partial charge in [-0.1, -0.05) is 68.3 Å². The largest absolute Gasteiger partial charge is 0.423 e. The standard InChI is InChI=1S/C23H16Br2N2O3/c24-19-8-4-7-17(13-19)23(29)27-26-15-18-14-20(25)10-11-21(18)30-22(28)12-9-16-5-2-1-3-6-16/h1-15H,(H,27,29)/b12-9+,26-15-. The van der Waals surface area contributed by atoms with Crippen molar-refractivity contribution in [1.29, 1.82) is 0 Å². The summed E-state index contributed by atoms with van der Waals surface area (Å²) >= 11 is 6.71. The maximum atomic E-state index is 12.2. The van der Waals surface area contributed by atoms with Crippen molar-refractivity contribution in [2.24, 2.45) is 5.10 Å². The van der Waals surface area contributed by atoms with Crippen molar-refractivity contribution in [1.82, 2.24) is 5.43 Å². The monoisotopic (exact) mass is 526 g/mol. The van der Waals surface area contributed by atoms with Crippen LogP contribution >= 0.6 is 31.9 Å². The molecule has 0 heterocycles. The zero-order valence-corrected chi connectivity index (χ0v) is 18.8. The summed E-state index contributed by atoms with van der Waals surface area (Å²) in [6, 6.07) is 21.5. The van der Waals surface area contributed by atoms with E-state index in [1.54, 1.807) is 42.5 Å². The van der Waals surface area contributed by atoms with Crippen molar-refractivity contribution >= 4 is 56.0 Å². The van der Waals surface area contributed by atoms with E-state index in [0.717, 1.165) is 14.5 Å². The summed E-state index contributed by atoms with van der Waals surface area (Å²) in [4.78, 5) is 24.4. The van der Waals surface area contributed by atoms with Crippen LogP contribution in [0.2, 0.25) is 0 Å². The molecule has 0 radical (unpaired) electrons. The quantitative estimate of drug-likeness (QED) is 0.149. The number of halogens is 2. The lowest BCUT2D eigenvalue weighted by Crippen LogP contribution is -2.17. The normalized spacial score (nSPS) is 11.0. The third-order valence-corrected chi connectivity index (χ3v) is 4.84. The Kier molecular flexibility index (Phi) is 7.70. The van der Waals surface area contributed by atoms with Gasteiger partial charge in [0.25, 0.3) is 5.91 Å². The molecule has 3 rings (SSSR count). The van der Waals surface area contributed by atoms with Gasteiger partial charge in [0.15, 0.2) is 0 Å². The molecule has 1 amide bonds. The van der Waals surface area contributed by atoms with Crippen molar-refractivity contribution in [3.63, 3.8) is 0 Å². The Labute approximate surface area is 190 Å². The maximum Gasteiger partial charge on any atom is 0.336 e. The first-order valence-corrected chi connectivity index (χ1v) is 10.4. The number of hydrogen-bond acceptors (Lipinski definition) is 4. The molecular formula is C23H16Br2N2O3. The van der Waals surface area contributed by atoms with Crippen LogP contribution in [0.5, 0.6) is 5.75 Å². The second kappa shape index (κ2) is 10.7. The highest BCUT2D eigenvalue weighted by Crippen LogP contribution is 2.22. The summed E-state index contributed by atoms with van der Waals surface area (Å²) in [5.74, 6) is -0.553. The maximum absolute atomic E-state index is 12.2. The molecule has 150 valence electrons. The van der Waals surface area contributed by atoms with Crippen LogP contribution in [0.3, 0.4) is 0 Å². The Balaban J connectivity index is 1.68. The zero-order chi connectivity index (χ0) is 21.3. The topological polar surface area (TPSA) is 67.8 Å². The van der Waals surface area contributed by atoms with Crippen molar-refractivity contribution in [2.75, 3.05) is 0 Å². The Hall–Kier alpha value is -3.03. The van der Waals surface area contributed by atoms with Crippen molar-refractivity contribution in [3.8, 4) is 5.75 Å². The predicted octanol–water partition coefficient (Wildman–Crippen LogP) is 5.59. The molecule has 1 N–H and O–H groups in total. The molecule has 0 saturated heterocycles. The summed E-state index contributed by atoms with van der Waals surface area (Å²) in [5, 5.41) is 3.98. The fourth-order valence-corrected chi connectivity index (χ4v) is 3.22. The number of esters is 1. The second-order valence-corrected chi connectivity index (χ2v) is 7.89. The van der Waals surface area contributed by atoms with Gasteiger partial charge in [0.2, 0.25) is 0 Å². The van der Waals surface area contributed by atoms with E-state index in [1.165, 1.54) is 12.3 Å². The van der Waals surface area contributed by atoms with Crippen LogP contribution in [0.1, 0.15) is 21.5 Å². The summed E-state index contributed by atoms with van der Waals surface area (Å²) in [6.07, 6.45) is 4.45. The number of carbonyl (C=O) groups is 2. The molecule has 0 aliphatic rings. The first-order chi connectivity index (χ1) is 14.5. The number of hydrazone groups is 1. The molecule has 30 heavy (non-hydrogen) atoms. The van der Waals surface area contributed by atoms with Crippen LogP contribution in [0.15, 0.2) is 92.9 Å². The first-order valence-electron chi connectivity index (χ1n) is 8.85. The molecule has 0 unspecified atom stereocenters. The van der Waals surface area contributed by atoms with Crippen LogP contribution in [0.25, 0.3) is 6.08 Å². The molecule has 0 aromatic heterocycles. The second-order valence-electron chi connectivity index (χ2n) is 6.06. The van der Waals surface area contributed by atoms with E-state index < -0.39 is 5.97 Å². The molecule has 3 aromatic rings. The zero-order valence-electron chi connectivity index (χ0n) is 15.6. The van der Waals surface area contributed by atoms with Crippen LogP contribution in [0, 0.1) is 0 Å². The number of hydrogen-bond donors (Lipinski definition) is 1. The molecular weight excluding hydrogens is 512 g/mol. The number of rotatable bonds is 6. The van der Waals surface area contributed by atoms with E-state index in [2.05, 4.69) is 42.4 Å². The summed E-state index contributed by atoms with van der Waals surface area (Å²) < 4.78 is 7.00. The molecule has 7 heteroatoms. The molecule has 0 atom stereocenters. The number of nitrogens with zero attached hydrogens (tertiary/aromatic N) is 1. The summed E-state index contributed by atoms with van der Waals surface area (Å²) in [7, 11) is 0. The third kappa shape index (κ3) is 6.50. The first kappa shape index (κ1) is 21.7. The van der Waals surface area contributed by atoms with Gasteiger partial charge < -0.3 is 4.74 Å². The van der Waals surface area contributed by atoms with Gasteiger partial charge in [-0.05, 0) is 48.0 Å². The van der Waals surface area contributed by atoms with Crippen LogP contribution < -0.4 is 10.2 Å². The van der Waals surface area contributed by atoms with E-state index in [-0.39, 0.29) is 5.91 Å². The molecule has 0 aliphatic heterocycles. The summed E-state index contributed by atoms with van der Waals surface area (Å²) in [6.45, 7) is 0. The van der Waals surface area contributed by atoms with E-state index in [9.17, 15) is 9.59 Å². The highest BCUT2D eigenvalue weighted by atomic mass is 79.9. The molecule has 3 aromatic carbocycles. The molecule has 0 bridgehead atoms. The predicted molar refractivity (Wildman–Crippen MR) is 124 cm³/mol. The molecule has 0 saturated carbocycles. The van der Waals surface area contributed by atoms with E-state index in [4.69, 9.17) is 4.74 Å². The number of amides is 1. The Morgan fingerprint density at radius 1 is 0.900 bits per heavy atom. The van der Waals surface area contributed by atoms with Crippen LogP contribution in [0.4, 0.5) is 0 Å². The number of nitrogens with one attached hydrogen (secondary N) is 1.